The molecule has 33 heavy (non-hydrogen) atoms. The Morgan fingerprint density at radius 3 is 2.09 bits per heavy atom. The number of halogens is 6. The van der Waals surface area contributed by atoms with Crippen molar-refractivity contribution >= 4 is 11.7 Å². The van der Waals surface area contributed by atoms with Gasteiger partial charge in [0.2, 0.25) is 0 Å². The van der Waals surface area contributed by atoms with Crippen molar-refractivity contribution in [2.45, 2.75) is 24.9 Å². The number of furan rings is 1. The summed E-state index contributed by atoms with van der Waals surface area (Å²) in [5.74, 6) is 0. The maximum atomic E-state index is 13.0. The SMILES string of the molecule is O=C(Nc1cc(C(F)(F)F)cc(C(F)(F)F)c1)N1CC(N2CCN(Cc3ccoc3)CC2)C1. The third-order valence-electron chi connectivity index (χ3n) is 5.90. The van der Waals surface area contributed by atoms with Crippen molar-refractivity contribution < 1.29 is 35.6 Å². The summed E-state index contributed by atoms with van der Waals surface area (Å²) in [7, 11) is 0. The van der Waals surface area contributed by atoms with Crippen LogP contribution in [0.3, 0.4) is 0 Å². The van der Waals surface area contributed by atoms with Crippen molar-refractivity contribution in [3.63, 3.8) is 0 Å². The smallest absolute Gasteiger partial charge is 0.416 e. The van der Waals surface area contributed by atoms with Crippen molar-refractivity contribution in [3.05, 3.63) is 53.5 Å². The van der Waals surface area contributed by atoms with Gasteiger partial charge in [-0.25, -0.2) is 4.79 Å². The number of hydrogen-bond acceptors (Lipinski definition) is 4. The first-order chi connectivity index (χ1) is 15.5. The highest BCUT2D eigenvalue weighted by molar-refractivity contribution is 5.90. The number of carbonyl (C=O) groups is 1. The highest BCUT2D eigenvalue weighted by Crippen LogP contribution is 2.37. The monoisotopic (exact) mass is 476 g/mol. The number of nitrogens with one attached hydrogen (secondary N) is 1. The lowest BCUT2D eigenvalue weighted by molar-refractivity contribution is -0.143. The summed E-state index contributed by atoms with van der Waals surface area (Å²) in [5.41, 5.74) is -2.39. The molecule has 2 saturated heterocycles. The fraction of sp³-hybridized carbons (Fsp3) is 0.476. The van der Waals surface area contributed by atoms with Crippen LogP contribution in [0.4, 0.5) is 36.8 Å². The Morgan fingerprint density at radius 1 is 0.970 bits per heavy atom. The molecule has 180 valence electrons. The van der Waals surface area contributed by atoms with Crippen molar-refractivity contribution in [3.8, 4) is 0 Å². The molecule has 2 aliphatic rings. The van der Waals surface area contributed by atoms with Gasteiger partial charge in [-0.2, -0.15) is 26.3 Å². The summed E-state index contributed by atoms with van der Waals surface area (Å²) in [4.78, 5) is 18.3. The molecule has 0 unspecified atom stereocenters. The first kappa shape index (κ1) is 23.4. The lowest BCUT2D eigenvalue weighted by Crippen LogP contribution is -2.64. The zero-order chi connectivity index (χ0) is 23.8. The van der Waals surface area contributed by atoms with Crippen LogP contribution in [0, 0.1) is 0 Å². The highest BCUT2D eigenvalue weighted by atomic mass is 19.4. The maximum absolute atomic E-state index is 13.0. The highest BCUT2D eigenvalue weighted by Gasteiger charge is 2.39. The maximum Gasteiger partial charge on any atom is 0.416 e. The van der Waals surface area contributed by atoms with Crippen LogP contribution < -0.4 is 5.32 Å². The molecule has 0 saturated carbocycles. The summed E-state index contributed by atoms with van der Waals surface area (Å²) in [6, 6.07) is 2.34. The van der Waals surface area contributed by atoms with Crippen LogP contribution in [0.1, 0.15) is 16.7 Å². The second-order valence-electron chi connectivity index (χ2n) is 8.23. The van der Waals surface area contributed by atoms with E-state index in [0.29, 0.717) is 25.2 Å². The van der Waals surface area contributed by atoms with Gasteiger partial charge in [-0.1, -0.05) is 0 Å². The zero-order valence-electron chi connectivity index (χ0n) is 17.4. The number of urea groups is 1. The third-order valence-corrected chi connectivity index (χ3v) is 5.90. The number of amides is 2. The first-order valence-corrected chi connectivity index (χ1v) is 10.3. The molecule has 2 aromatic rings. The Bertz CT molecular complexity index is 930. The topological polar surface area (TPSA) is 52.0 Å². The molecule has 12 heteroatoms. The van der Waals surface area contributed by atoms with Gasteiger partial charge in [0.05, 0.1) is 23.7 Å². The molecule has 2 aliphatic heterocycles. The minimum absolute atomic E-state index is 0.0293. The molecule has 0 radical (unpaired) electrons. The molecule has 0 spiro atoms. The van der Waals surface area contributed by atoms with Gasteiger partial charge in [0.15, 0.2) is 0 Å². The van der Waals surface area contributed by atoms with E-state index in [-0.39, 0.29) is 12.1 Å². The average molecular weight is 476 g/mol. The van der Waals surface area contributed by atoms with E-state index in [1.807, 2.05) is 6.07 Å². The summed E-state index contributed by atoms with van der Waals surface area (Å²) in [5, 5.41) is 2.18. The van der Waals surface area contributed by atoms with Gasteiger partial charge in [-0.15, -0.1) is 0 Å². The molecule has 0 atom stereocenters. The summed E-state index contributed by atoms with van der Waals surface area (Å²) in [6.07, 6.45) is -6.61. The number of likely N-dealkylation sites (tertiary alicyclic amines) is 1. The molecular formula is C21H22F6N4O2. The van der Waals surface area contributed by atoms with E-state index in [0.717, 1.165) is 38.3 Å². The van der Waals surface area contributed by atoms with Crippen molar-refractivity contribution in [2.24, 2.45) is 0 Å². The van der Waals surface area contributed by atoms with E-state index in [4.69, 9.17) is 4.42 Å². The molecule has 0 bridgehead atoms. The van der Waals surface area contributed by atoms with Gasteiger partial charge in [-0.3, -0.25) is 9.80 Å². The van der Waals surface area contributed by atoms with E-state index in [1.54, 1.807) is 12.5 Å². The Hall–Kier alpha value is -2.73. The number of nitrogens with zero attached hydrogens (tertiary/aromatic N) is 3. The summed E-state index contributed by atoms with van der Waals surface area (Å²) >= 11 is 0. The van der Waals surface area contributed by atoms with E-state index in [2.05, 4.69) is 15.1 Å². The lowest BCUT2D eigenvalue weighted by Gasteiger charge is -2.48. The van der Waals surface area contributed by atoms with E-state index in [9.17, 15) is 31.1 Å². The number of benzene rings is 1. The van der Waals surface area contributed by atoms with Crippen LogP contribution in [-0.2, 0) is 18.9 Å². The minimum Gasteiger partial charge on any atom is -0.472 e. The number of alkyl halides is 6. The Morgan fingerprint density at radius 2 is 1.58 bits per heavy atom. The number of hydrogen-bond donors (Lipinski definition) is 1. The number of anilines is 1. The normalized spacial score (nSPS) is 18.9. The van der Waals surface area contributed by atoms with Gasteiger partial charge in [0.1, 0.15) is 0 Å². The molecule has 3 heterocycles. The van der Waals surface area contributed by atoms with Crippen LogP contribution >= 0.6 is 0 Å². The predicted octanol–water partition coefficient (Wildman–Crippen LogP) is 4.35. The third kappa shape index (κ3) is 5.61. The predicted molar refractivity (Wildman–Crippen MR) is 106 cm³/mol. The van der Waals surface area contributed by atoms with Gasteiger partial charge >= 0.3 is 18.4 Å². The van der Waals surface area contributed by atoms with Crippen LogP contribution in [0.2, 0.25) is 0 Å². The molecule has 4 rings (SSSR count). The zero-order valence-corrected chi connectivity index (χ0v) is 17.4. The number of rotatable bonds is 4. The minimum atomic E-state index is -4.97. The second kappa shape index (κ2) is 8.90. The Labute approximate surface area is 185 Å². The standard InChI is InChI=1S/C21H22F6N4O2/c22-20(23,24)15-7-16(21(25,26)27)9-17(8-15)28-19(32)31-11-18(12-31)30-4-2-29(3-5-30)10-14-1-6-33-13-14/h1,6-9,13,18H,2-5,10-12H2,(H,28,32). The average Bonchev–Trinajstić information content (AvgIpc) is 3.19. The van der Waals surface area contributed by atoms with Crippen molar-refractivity contribution in [1.29, 1.82) is 0 Å². The van der Waals surface area contributed by atoms with E-state index < -0.39 is 35.2 Å². The van der Waals surface area contributed by atoms with Gasteiger partial charge < -0.3 is 14.6 Å². The fourth-order valence-electron chi connectivity index (χ4n) is 4.01. The molecule has 2 amide bonds. The molecular weight excluding hydrogens is 454 g/mol. The molecule has 1 aromatic heterocycles. The molecule has 0 aliphatic carbocycles. The quantitative estimate of drug-likeness (QED) is 0.667. The summed E-state index contributed by atoms with van der Waals surface area (Å²) in [6.45, 7) is 4.81. The summed E-state index contributed by atoms with van der Waals surface area (Å²) < 4.78 is 83.0. The first-order valence-electron chi connectivity index (χ1n) is 10.3. The van der Waals surface area contributed by atoms with Crippen LogP contribution in [0.5, 0.6) is 0 Å². The van der Waals surface area contributed by atoms with Crippen molar-refractivity contribution in [1.82, 2.24) is 14.7 Å². The van der Waals surface area contributed by atoms with Crippen LogP contribution in [0.25, 0.3) is 0 Å². The largest absolute Gasteiger partial charge is 0.472 e. The van der Waals surface area contributed by atoms with E-state index >= 15 is 0 Å². The molecule has 6 nitrogen and oxygen atoms in total. The van der Waals surface area contributed by atoms with Crippen molar-refractivity contribution in [2.75, 3.05) is 44.6 Å². The van der Waals surface area contributed by atoms with Crippen LogP contribution in [0.15, 0.2) is 41.2 Å². The fourth-order valence-corrected chi connectivity index (χ4v) is 4.01. The molecule has 1 N–H and O–H groups in total. The Balaban J connectivity index is 1.30. The van der Waals surface area contributed by atoms with Gasteiger partial charge in [0.25, 0.3) is 0 Å². The molecule has 2 fully saturated rings. The lowest BCUT2D eigenvalue weighted by atomic mass is 10.1. The van der Waals surface area contributed by atoms with E-state index in [1.165, 1.54) is 4.90 Å². The van der Waals surface area contributed by atoms with Gasteiger partial charge in [-0.05, 0) is 24.3 Å². The Kier molecular flexibility index (Phi) is 6.32. The number of carbonyl (C=O) groups excluding carboxylic acids is 1. The molecule has 1 aromatic carbocycles. The second-order valence-corrected chi connectivity index (χ2v) is 8.23. The van der Waals surface area contributed by atoms with Gasteiger partial charge in [0, 0.05) is 63.1 Å². The number of piperazine rings is 1. The van der Waals surface area contributed by atoms with Crippen LogP contribution in [-0.4, -0.2) is 66.0 Å².